The Balaban J connectivity index is 1.88. The first-order valence-corrected chi connectivity index (χ1v) is 9.24. The van der Waals surface area contributed by atoms with Crippen molar-refractivity contribution in [3.63, 3.8) is 0 Å². The highest BCUT2D eigenvalue weighted by Gasteiger charge is 2.26. The molecule has 10 heteroatoms. The number of piperidine rings is 1. The monoisotopic (exact) mass is 416 g/mol. The number of carbonyl (C=O) groups is 3. The summed E-state index contributed by atoms with van der Waals surface area (Å²) in [6.07, 6.45) is 1.09. The number of aromatic hydroxyl groups is 1. The van der Waals surface area contributed by atoms with E-state index in [4.69, 9.17) is 23.2 Å². The molecule has 4 amide bonds. The molecule has 27 heavy (non-hydrogen) atoms. The van der Waals surface area contributed by atoms with Crippen molar-refractivity contribution in [2.24, 2.45) is 0 Å². The van der Waals surface area contributed by atoms with Crippen LogP contribution in [0.2, 0.25) is 10.0 Å². The SMILES string of the molecule is CNC(=O)[C@H](C)NC(=O)N1CCC(NC(=O)c2cc(Cl)cc(Cl)c2O)CC1. The molecule has 0 saturated carbocycles. The topological polar surface area (TPSA) is 111 Å². The average Bonchev–Trinajstić information content (AvgIpc) is 2.64. The first-order valence-electron chi connectivity index (χ1n) is 8.48. The van der Waals surface area contributed by atoms with E-state index in [1.54, 1.807) is 11.8 Å². The van der Waals surface area contributed by atoms with Gasteiger partial charge in [0.05, 0.1) is 10.6 Å². The van der Waals surface area contributed by atoms with Gasteiger partial charge in [0.15, 0.2) is 0 Å². The van der Waals surface area contributed by atoms with Crippen molar-refractivity contribution in [2.45, 2.75) is 31.8 Å². The highest BCUT2D eigenvalue weighted by atomic mass is 35.5. The molecule has 1 fully saturated rings. The Morgan fingerprint density at radius 2 is 1.85 bits per heavy atom. The van der Waals surface area contributed by atoms with Gasteiger partial charge in [0.2, 0.25) is 5.91 Å². The van der Waals surface area contributed by atoms with Gasteiger partial charge in [0.1, 0.15) is 11.8 Å². The number of amides is 4. The molecule has 148 valence electrons. The predicted molar refractivity (Wildman–Crippen MR) is 102 cm³/mol. The number of rotatable bonds is 4. The zero-order valence-corrected chi connectivity index (χ0v) is 16.5. The number of likely N-dealkylation sites (N-methyl/N-ethyl adjacent to an activating group) is 1. The molecule has 1 heterocycles. The molecule has 1 aliphatic rings. The van der Waals surface area contributed by atoms with Gasteiger partial charge >= 0.3 is 6.03 Å². The molecule has 1 aromatic carbocycles. The fraction of sp³-hybridized carbons (Fsp3) is 0.471. The minimum Gasteiger partial charge on any atom is -0.506 e. The van der Waals surface area contributed by atoms with Crippen molar-refractivity contribution >= 4 is 41.0 Å². The minimum absolute atomic E-state index is 0.00405. The van der Waals surface area contributed by atoms with E-state index in [-0.39, 0.29) is 39.3 Å². The van der Waals surface area contributed by atoms with Crippen LogP contribution in [0.1, 0.15) is 30.1 Å². The van der Waals surface area contributed by atoms with E-state index < -0.39 is 11.9 Å². The molecule has 0 radical (unpaired) electrons. The van der Waals surface area contributed by atoms with E-state index in [0.717, 1.165) is 0 Å². The summed E-state index contributed by atoms with van der Waals surface area (Å²) < 4.78 is 0. The molecule has 1 aliphatic heterocycles. The third-order valence-corrected chi connectivity index (χ3v) is 4.88. The Kier molecular flexibility index (Phi) is 7.15. The van der Waals surface area contributed by atoms with Gasteiger partial charge in [-0.2, -0.15) is 0 Å². The third-order valence-electron chi connectivity index (χ3n) is 4.37. The van der Waals surface area contributed by atoms with Gasteiger partial charge in [0, 0.05) is 31.2 Å². The summed E-state index contributed by atoms with van der Waals surface area (Å²) in [7, 11) is 1.50. The molecule has 0 aliphatic carbocycles. The highest BCUT2D eigenvalue weighted by Crippen LogP contribution is 2.31. The summed E-state index contributed by atoms with van der Waals surface area (Å²) in [5.41, 5.74) is 0.00655. The van der Waals surface area contributed by atoms with Gasteiger partial charge in [-0.05, 0) is 31.9 Å². The molecular weight excluding hydrogens is 395 g/mol. The molecule has 4 N–H and O–H groups in total. The summed E-state index contributed by atoms with van der Waals surface area (Å²) in [5.74, 6) is -1.07. The predicted octanol–water partition coefficient (Wildman–Crippen LogP) is 1.74. The van der Waals surface area contributed by atoms with Crippen molar-refractivity contribution in [1.82, 2.24) is 20.9 Å². The Morgan fingerprint density at radius 3 is 2.44 bits per heavy atom. The number of phenols is 1. The number of halogens is 2. The molecule has 1 atom stereocenters. The normalized spacial score (nSPS) is 15.8. The van der Waals surface area contributed by atoms with Gasteiger partial charge in [-0.15, -0.1) is 0 Å². The molecule has 1 aromatic rings. The summed E-state index contributed by atoms with van der Waals surface area (Å²) in [6, 6.07) is 1.59. The average molecular weight is 417 g/mol. The fourth-order valence-electron chi connectivity index (χ4n) is 2.79. The zero-order valence-electron chi connectivity index (χ0n) is 15.0. The number of benzene rings is 1. The summed E-state index contributed by atoms with van der Waals surface area (Å²) in [6.45, 7) is 2.46. The second kappa shape index (κ2) is 9.14. The van der Waals surface area contributed by atoms with Gasteiger partial charge < -0.3 is 26.0 Å². The van der Waals surface area contributed by atoms with Gasteiger partial charge in [-0.1, -0.05) is 23.2 Å². The van der Waals surface area contributed by atoms with Crippen LogP contribution in [-0.4, -0.2) is 60.1 Å². The highest BCUT2D eigenvalue weighted by molar-refractivity contribution is 6.36. The van der Waals surface area contributed by atoms with E-state index >= 15 is 0 Å². The molecule has 0 bridgehead atoms. The van der Waals surface area contributed by atoms with E-state index in [1.807, 2.05) is 0 Å². The van der Waals surface area contributed by atoms with Crippen molar-refractivity contribution in [3.05, 3.63) is 27.7 Å². The van der Waals surface area contributed by atoms with Crippen LogP contribution >= 0.6 is 23.2 Å². The second-order valence-corrected chi connectivity index (χ2v) is 7.15. The van der Waals surface area contributed by atoms with Gasteiger partial charge in [-0.25, -0.2) is 4.79 Å². The quantitative estimate of drug-likeness (QED) is 0.598. The molecule has 1 saturated heterocycles. The number of hydrogen-bond acceptors (Lipinski definition) is 4. The van der Waals surface area contributed by atoms with Crippen LogP contribution in [0, 0.1) is 0 Å². The Hall–Kier alpha value is -2.19. The Morgan fingerprint density at radius 1 is 1.22 bits per heavy atom. The number of likely N-dealkylation sites (tertiary alicyclic amines) is 1. The Labute approximate surface area is 167 Å². The van der Waals surface area contributed by atoms with E-state index in [2.05, 4.69) is 16.0 Å². The maximum absolute atomic E-state index is 12.4. The molecule has 8 nitrogen and oxygen atoms in total. The van der Waals surface area contributed by atoms with E-state index in [0.29, 0.717) is 25.9 Å². The van der Waals surface area contributed by atoms with Crippen LogP contribution in [0.5, 0.6) is 5.75 Å². The first kappa shape index (κ1) is 21.1. The van der Waals surface area contributed by atoms with Crippen LogP contribution in [0.3, 0.4) is 0 Å². The maximum Gasteiger partial charge on any atom is 0.318 e. The number of hydrogen-bond donors (Lipinski definition) is 4. The molecule has 0 aromatic heterocycles. The minimum atomic E-state index is -0.629. The lowest BCUT2D eigenvalue weighted by Crippen LogP contribution is -2.53. The largest absolute Gasteiger partial charge is 0.506 e. The number of carbonyl (C=O) groups excluding carboxylic acids is 3. The molecular formula is C17H22Cl2N4O4. The van der Waals surface area contributed by atoms with Crippen molar-refractivity contribution < 1.29 is 19.5 Å². The number of nitrogens with one attached hydrogen (secondary N) is 3. The van der Waals surface area contributed by atoms with Gasteiger partial charge in [0.25, 0.3) is 5.91 Å². The number of phenolic OH excluding ortho intramolecular Hbond substituents is 1. The van der Waals surface area contributed by atoms with Crippen molar-refractivity contribution in [1.29, 1.82) is 0 Å². The van der Waals surface area contributed by atoms with Crippen molar-refractivity contribution in [3.8, 4) is 5.75 Å². The smallest absolute Gasteiger partial charge is 0.318 e. The fourth-order valence-corrected chi connectivity index (χ4v) is 3.28. The lowest BCUT2D eigenvalue weighted by Gasteiger charge is -2.33. The molecule has 0 spiro atoms. The maximum atomic E-state index is 12.4. The van der Waals surface area contributed by atoms with E-state index in [9.17, 15) is 19.5 Å². The molecule has 0 unspecified atom stereocenters. The van der Waals surface area contributed by atoms with Crippen LogP contribution in [0.25, 0.3) is 0 Å². The zero-order chi connectivity index (χ0) is 20.1. The number of nitrogens with zero attached hydrogens (tertiary/aromatic N) is 1. The lowest BCUT2D eigenvalue weighted by atomic mass is 10.0. The van der Waals surface area contributed by atoms with Crippen LogP contribution in [0.15, 0.2) is 12.1 Å². The third kappa shape index (κ3) is 5.40. The molecule has 2 rings (SSSR count). The van der Waals surface area contributed by atoms with E-state index in [1.165, 1.54) is 19.2 Å². The summed E-state index contributed by atoms with van der Waals surface area (Å²) in [5, 5.41) is 18.1. The lowest BCUT2D eigenvalue weighted by molar-refractivity contribution is -0.122. The summed E-state index contributed by atoms with van der Waals surface area (Å²) >= 11 is 11.7. The van der Waals surface area contributed by atoms with Crippen LogP contribution in [-0.2, 0) is 4.79 Å². The second-order valence-electron chi connectivity index (χ2n) is 6.30. The Bertz CT molecular complexity index is 736. The first-order chi connectivity index (χ1) is 12.7. The standard InChI is InChI=1S/C17H22Cl2N4O4/c1-9(15(25)20-2)21-17(27)23-5-3-11(4-6-23)22-16(26)12-7-10(18)8-13(19)14(12)24/h7-9,11,24H,3-6H2,1-2H3,(H,20,25)(H,21,27)(H,22,26)/t9-/m0/s1. The number of urea groups is 1. The van der Waals surface area contributed by atoms with Crippen LogP contribution < -0.4 is 16.0 Å². The van der Waals surface area contributed by atoms with Gasteiger partial charge in [-0.3, -0.25) is 9.59 Å². The summed E-state index contributed by atoms with van der Waals surface area (Å²) in [4.78, 5) is 37.6. The van der Waals surface area contributed by atoms with Crippen LogP contribution in [0.4, 0.5) is 4.79 Å². The van der Waals surface area contributed by atoms with Crippen molar-refractivity contribution in [2.75, 3.05) is 20.1 Å².